The predicted octanol–water partition coefficient (Wildman–Crippen LogP) is 4.43. The second-order valence-corrected chi connectivity index (χ2v) is 7.41. The zero-order valence-corrected chi connectivity index (χ0v) is 15.7. The average Bonchev–Trinajstić information content (AvgIpc) is 2.96. The molecule has 0 spiro atoms. The summed E-state index contributed by atoms with van der Waals surface area (Å²) >= 11 is 0. The highest BCUT2D eigenvalue weighted by atomic mass is 16.2. The van der Waals surface area contributed by atoms with E-state index >= 15 is 0 Å². The van der Waals surface area contributed by atoms with Crippen LogP contribution in [0.5, 0.6) is 0 Å². The third-order valence-electron chi connectivity index (χ3n) is 4.43. The van der Waals surface area contributed by atoms with Crippen molar-refractivity contribution in [3.63, 3.8) is 0 Å². The van der Waals surface area contributed by atoms with Crippen molar-refractivity contribution in [1.29, 1.82) is 0 Å². The summed E-state index contributed by atoms with van der Waals surface area (Å²) < 4.78 is 2.04. The maximum atomic E-state index is 13.0. The van der Waals surface area contributed by atoms with Gasteiger partial charge < -0.3 is 9.30 Å². The van der Waals surface area contributed by atoms with Crippen molar-refractivity contribution in [3.8, 4) is 0 Å². The van der Waals surface area contributed by atoms with Crippen LogP contribution in [-0.2, 0) is 6.42 Å². The van der Waals surface area contributed by atoms with Gasteiger partial charge in [0.1, 0.15) is 5.65 Å². The van der Waals surface area contributed by atoms with Crippen LogP contribution in [0.2, 0.25) is 0 Å². The topological polar surface area (TPSA) is 37.6 Å². The molecule has 0 saturated carbocycles. The minimum absolute atomic E-state index is 0.133. The zero-order chi connectivity index (χ0) is 17.7. The van der Waals surface area contributed by atoms with E-state index in [-0.39, 0.29) is 5.91 Å². The van der Waals surface area contributed by atoms with Crippen LogP contribution in [0.4, 0.5) is 0 Å². The maximum absolute atomic E-state index is 13.0. The van der Waals surface area contributed by atoms with E-state index in [1.807, 2.05) is 33.8 Å². The number of carbonyl (C=O) groups is 1. The number of pyridine rings is 1. The van der Waals surface area contributed by atoms with Crippen LogP contribution >= 0.6 is 0 Å². The Morgan fingerprint density at radius 2 is 1.75 bits per heavy atom. The van der Waals surface area contributed by atoms with Crippen LogP contribution in [0, 0.1) is 11.8 Å². The lowest BCUT2D eigenvalue weighted by atomic mass is 10.1. The molecule has 0 aliphatic rings. The van der Waals surface area contributed by atoms with Gasteiger partial charge >= 0.3 is 0 Å². The number of rotatable bonds is 8. The fraction of sp³-hybridized carbons (Fsp3) is 0.600. The Morgan fingerprint density at radius 1 is 1.12 bits per heavy atom. The van der Waals surface area contributed by atoms with Crippen LogP contribution in [0.25, 0.3) is 5.65 Å². The summed E-state index contributed by atoms with van der Waals surface area (Å²) in [5.41, 5.74) is 2.79. The van der Waals surface area contributed by atoms with E-state index in [1.54, 1.807) is 0 Å². The molecule has 2 heterocycles. The lowest BCUT2D eigenvalue weighted by Gasteiger charge is -2.24. The summed E-state index contributed by atoms with van der Waals surface area (Å²) in [6, 6.07) is 3.84. The molecule has 0 atom stereocenters. The smallest absolute Gasteiger partial charge is 0.255 e. The van der Waals surface area contributed by atoms with Gasteiger partial charge in [0.15, 0.2) is 0 Å². The molecule has 4 nitrogen and oxygen atoms in total. The van der Waals surface area contributed by atoms with Gasteiger partial charge in [0.2, 0.25) is 0 Å². The molecule has 132 valence electrons. The van der Waals surface area contributed by atoms with E-state index in [9.17, 15) is 4.79 Å². The number of fused-ring (bicyclic) bond motifs is 1. The van der Waals surface area contributed by atoms with Gasteiger partial charge in [-0.1, -0.05) is 34.6 Å². The number of carbonyl (C=O) groups excluding carboxylic acids is 1. The number of hydrogen-bond donors (Lipinski definition) is 0. The molecule has 0 bridgehead atoms. The highest BCUT2D eigenvalue weighted by molar-refractivity contribution is 5.94. The standard InChI is InChI=1S/C20H31N3O/c1-6-18-13-21-19-8-7-17(14-23(18)19)20(24)22(11-9-15(2)3)12-10-16(4)5/h7-8,13-16H,6,9-12H2,1-5H3. The Morgan fingerprint density at radius 3 is 2.29 bits per heavy atom. The van der Waals surface area contributed by atoms with E-state index in [0.29, 0.717) is 11.8 Å². The molecule has 0 unspecified atom stereocenters. The molecule has 4 heteroatoms. The van der Waals surface area contributed by atoms with Gasteiger partial charge in [-0.15, -0.1) is 0 Å². The third-order valence-corrected chi connectivity index (χ3v) is 4.43. The Hall–Kier alpha value is -1.84. The van der Waals surface area contributed by atoms with E-state index in [1.165, 1.54) is 0 Å². The first kappa shape index (κ1) is 18.5. The van der Waals surface area contributed by atoms with Crippen LogP contribution in [0.15, 0.2) is 24.5 Å². The zero-order valence-electron chi connectivity index (χ0n) is 15.7. The second-order valence-electron chi connectivity index (χ2n) is 7.41. The number of aromatic nitrogens is 2. The van der Waals surface area contributed by atoms with Gasteiger partial charge in [-0.2, -0.15) is 0 Å². The van der Waals surface area contributed by atoms with E-state index in [0.717, 1.165) is 49.3 Å². The van der Waals surface area contributed by atoms with Crippen LogP contribution in [-0.4, -0.2) is 33.3 Å². The van der Waals surface area contributed by atoms with Crippen molar-refractivity contribution in [2.45, 2.75) is 53.9 Å². The van der Waals surface area contributed by atoms with E-state index < -0.39 is 0 Å². The van der Waals surface area contributed by atoms with E-state index in [4.69, 9.17) is 0 Å². The molecular formula is C20H31N3O. The van der Waals surface area contributed by atoms with Gasteiger partial charge in [0, 0.05) is 31.2 Å². The first-order chi connectivity index (χ1) is 11.4. The molecule has 0 saturated heterocycles. The van der Waals surface area contributed by atoms with Crippen molar-refractivity contribution in [3.05, 3.63) is 35.8 Å². The summed E-state index contributed by atoms with van der Waals surface area (Å²) in [4.78, 5) is 19.4. The summed E-state index contributed by atoms with van der Waals surface area (Å²) in [6.45, 7) is 12.6. The third kappa shape index (κ3) is 4.59. The molecule has 24 heavy (non-hydrogen) atoms. The van der Waals surface area contributed by atoms with E-state index in [2.05, 4.69) is 39.6 Å². The molecule has 1 amide bonds. The van der Waals surface area contributed by atoms with Gasteiger partial charge in [-0.05, 0) is 43.2 Å². The molecule has 0 aromatic carbocycles. The SMILES string of the molecule is CCc1cnc2ccc(C(=O)N(CCC(C)C)CCC(C)C)cn12. The highest BCUT2D eigenvalue weighted by Gasteiger charge is 2.17. The Bertz CT molecular complexity index is 661. The molecule has 0 radical (unpaired) electrons. The molecule has 0 fully saturated rings. The van der Waals surface area contributed by atoms with Crippen molar-refractivity contribution < 1.29 is 4.79 Å². The van der Waals surface area contributed by atoms with Crippen molar-refractivity contribution in [2.24, 2.45) is 11.8 Å². The quantitative estimate of drug-likeness (QED) is 0.718. The molecule has 0 aliphatic heterocycles. The Balaban J connectivity index is 2.23. The average molecular weight is 329 g/mol. The predicted molar refractivity (Wildman–Crippen MR) is 99.4 cm³/mol. The highest BCUT2D eigenvalue weighted by Crippen LogP contribution is 2.14. The summed E-state index contributed by atoms with van der Waals surface area (Å²) in [5.74, 6) is 1.33. The van der Waals surface area contributed by atoms with Gasteiger partial charge in [0.25, 0.3) is 5.91 Å². The molecular weight excluding hydrogens is 298 g/mol. The molecule has 2 aromatic rings. The second kappa shape index (κ2) is 8.32. The van der Waals surface area contributed by atoms with Gasteiger partial charge in [-0.3, -0.25) is 4.79 Å². The monoisotopic (exact) mass is 329 g/mol. The number of aryl methyl sites for hydroxylation is 1. The van der Waals surface area contributed by atoms with Crippen molar-refractivity contribution in [1.82, 2.24) is 14.3 Å². The molecule has 0 N–H and O–H groups in total. The summed E-state index contributed by atoms with van der Waals surface area (Å²) in [5, 5.41) is 0. The van der Waals surface area contributed by atoms with Crippen LogP contribution in [0.1, 0.15) is 63.5 Å². The largest absolute Gasteiger partial charge is 0.339 e. The fourth-order valence-corrected chi connectivity index (χ4v) is 2.74. The molecule has 0 aliphatic carbocycles. The minimum Gasteiger partial charge on any atom is -0.339 e. The number of hydrogen-bond acceptors (Lipinski definition) is 2. The van der Waals surface area contributed by atoms with Crippen molar-refractivity contribution in [2.75, 3.05) is 13.1 Å². The van der Waals surface area contributed by atoms with Gasteiger partial charge in [-0.25, -0.2) is 4.98 Å². The Kier molecular flexibility index (Phi) is 6.41. The van der Waals surface area contributed by atoms with Gasteiger partial charge in [0.05, 0.1) is 5.56 Å². The normalized spacial score (nSPS) is 11.6. The number of nitrogens with zero attached hydrogens (tertiary/aromatic N) is 3. The Labute approximate surface area is 145 Å². The first-order valence-corrected chi connectivity index (χ1v) is 9.17. The molecule has 2 aromatic heterocycles. The fourth-order valence-electron chi connectivity index (χ4n) is 2.74. The summed E-state index contributed by atoms with van der Waals surface area (Å²) in [7, 11) is 0. The van der Waals surface area contributed by atoms with Crippen LogP contribution in [0.3, 0.4) is 0 Å². The lowest BCUT2D eigenvalue weighted by Crippen LogP contribution is -2.34. The van der Waals surface area contributed by atoms with Crippen molar-refractivity contribution >= 4 is 11.6 Å². The molecule has 2 rings (SSSR count). The van der Waals surface area contributed by atoms with Crippen LogP contribution < -0.4 is 0 Å². The maximum Gasteiger partial charge on any atom is 0.255 e. The minimum atomic E-state index is 0.133. The summed E-state index contributed by atoms with van der Waals surface area (Å²) in [6.07, 6.45) is 6.82. The number of amides is 1. The number of imidazole rings is 1. The lowest BCUT2D eigenvalue weighted by molar-refractivity contribution is 0.0740. The first-order valence-electron chi connectivity index (χ1n) is 9.17.